The molecule has 0 aliphatic carbocycles. The molecule has 1 heterocycles. The predicted octanol–water partition coefficient (Wildman–Crippen LogP) is 3.80. The zero-order valence-corrected chi connectivity index (χ0v) is 11.4. The van der Waals surface area contributed by atoms with E-state index in [-0.39, 0.29) is 5.91 Å². The Labute approximate surface area is 116 Å². The molecule has 0 saturated carbocycles. The van der Waals surface area contributed by atoms with Gasteiger partial charge in [0.15, 0.2) is 0 Å². The molecule has 0 aliphatic rings. The van der Waals surface area contributed by atoms with Gasteiger partial charge in [-0.15, -0.1) is 11.3 Å². The summed E-state index contributed by atoms with van der Waals surface area (Å²) in [6.07, 6.45) is 3.33. The van der Waals surface area contributed by atoms with Gasteiger partial charge < -0.3 is 10.1 Å². The molecule has 19 heavy (non-hydrogen) atoms. The zero-order chi connectivity index (χ0) is 13.5. The van der Waals surface area contributed by atoms with E-state index in [9.17, 15) is 4.79 Å². The second-order valence-corrected chi connectivity index (χ2v) is 4.77. The highest BCUT2D eigenvalue weighted by Crippen LogP contribution is 2.16. The minimum absolute atomic E-state index is 0.141. The quantitative estimate of drug-likeness (QED) is 0.841. The van der Waals surface area contributed by atoms with Gasteiger partial charge >= 0.3 is 0 Å². The lowest BCUT2D eigenvalue weighted by Gasteiger charge is -2.05. The number of rotatable bonds is 5. The molecule has 4 heteroatoms. The first-order valence-corrected chi connectivity index (χ1v) is 6.91. The van der Waals surface area contributed by atoms with Gasteiger partial charge in [-0.2, -0.15) is 0 Å². The number of carbonyl (C=O) groups excluding carboxylic acids is 1. The van der Waals surface area contributed by atoms with E-state index in [1.165, 1.54) is 6.08 Å². The second kappa shape index (κ2) is 6.75. The molecule has 0 bridgehead atoms. The normalized spacial score (nSPS) is 10.6. The molecule has 1 aromatic heterocycles. The minimum Gasteiger partial charge on any atom is -0.494 e. The highest BCUT2D eigenvalue weighted by atomic mass is 32.1. The van der Waals surface area contributed by atoms with Gasteiger partial charge in [-0.3, -0.25) is 4.79 Å². The number of benzene rings is 1. The first-order chi connectivity index (χ1) is 9.28. The Hall–Kier alpha value is -2.07. The van der Waals surface area contributed by atoms with Gasteiger partial charge in [-0.05, 0) is 48.7 Å². The fourth-order valence-electron chi connectivity index (χ4n) is 1.53. The number of nitrogens with one attached hydrogen (secondary N) is 1. The third-order valence-corrected chi connectivity index (χ3v) is 3.21. The summed E-state index contributed by atoms with van der Waals surface area (Å²) in [6.45, 7) is 2.57. The number of hydrogen-bond acceptors (Lipinski definition) is 3. The van der Waals surface area contributed by atoms with Crippen molar-refractivity contribution in [2.24, 2.45) is 0 Å². The Kier molecular flexibility index (Phi) is 4.75. The lowest BCUT2D eigenvalue weighted by Crippen LogP contribution is -2.07. The van der Waals surface area contributed by atoms with E-state index in [0.29, 0.717) is 6.61 Å². The zero-order valence-electron chi connectivity index (χ0n) is 10.6. The van der Waals surface area contributed by atoms with Crippen LogP contribution in [0.1, 0.15) is 11.8 Å². The molecule has 1 aromatic carbocycles. The molecule has 1 amide bonds. The molecule has 0 aliphatic heterocycles. The molecule has 0 radical (unpaired) electrons. The van der Waals surface area contributed by atoms with Crippen molar-refractivity contribution < 1.29 is 9.53 Å². The molecular formula is C15H15NO2S. The summed E-state index contributed by atoms with van der Waals surface area (Å²) in [5.74, 6) is 0.659. The highest BCUT2D eigenvalue weighted by molar-refractivity contribution is 7.10. The van der Waals surface area contributed by atoms with Crippen molar-refractivity contribution >= 4 is 29.0 Å². The Morgan fingerprint density at radius 2 is 2.11 bits per heavy atom. The average Bonchev–Trinajstić information content (AvgIpc) is 2.92. The maximum absolute atomic E-state index is 11.7. The summed E-state index contributed by atoms with van der Waals surface area (Å²) in [6, 6.07) is 11.2. The fourth-order valence-corrected chi connectivity index (χ4v) is 2.15. The van der Waals surface area contributed by atoms with Gasteiger partial charge in [0, 0.05) is 16.6 Å². The summed E-state index contributed by atoms with van der Waals surface area (Å²) in [5.41, 5.74) is 0.754. The van der Waals surface area contributed by atoms with E-state index in [2.05, 4.69) is 5.32 Å². The van der Waals surface area contributed by atoms with Crippen molar-refractivity contribution in [3.8, 4) is 5.75 Å². The van der Waals surface area contributed by atoms with Crippen molar-refractivity contribution in [1.29, 1.82) is 0 Å². The average molecular weight is 273 g/mol. The molecule has 2 aromatic rings. The first-order valence-electron chi connectivity index (χ1n) is 6.03. The molecule has 0 spiro atoms. The van der Waals surface area contributed by atoms with Crippen molar-refractivity contribution in [2.75, 3.05) is 11.9 Å². The number of ether oxygens (including phenoxy) is 1. The van der Waals surface area contributed by atoms with Crippen LogP contribution < -0.4 is 10.1 Å². The van der Waals surface area contributed by atoms with Crippen LogP contribution in [0.3, 0.4) is 0 Å². The Morgan fingerprint density at radius 3 is 2.74 bits per heavy atom. The third kappa shape index (κ3) is 4.26. The molecule has 0 saturated heterocycles. The van der Waals surface area contributed by atoms with Gasteiger partial charge in [-0.1, -0.05) is 6.07 Å². The van der Waals surface area contributed by atoms with Crippen LogP contribution in [0.15, 0.2) is 47.9 Å². The van der Waals surface area contributed by atoms with E-state index in [4.69, 9.17) is 4.74 Å². The van der Waals surface area contributed by atoms with Crippen LogP contribution in [-0.4, -0.2) is 12.5 Å². The van der Waals surface area contributed by atoms with Crippen LogP contribution in [0.25, 0.3) is 6.08 Å². The number of carbonyl (C=O) groups is 1. The summed E-state index contributed by atoms with van der Waals surface area (Å²) >= 11 is 1.60. The maximum atomic E-state index is 11.7. The van der Waals surface area contributed by atoms with Crippen LogP contribution in [0.4, 0.5) is 5.69 Å². The van der Waals surface area contributed by atoms with Crippen molar-refractivity contribution in [3.05, 3.63) is 52.7 Å². The highest BCUT2D eigenvalue weighted by Gasteiger charge is 1.98. The van der Waals surface area contributed by atoms with Gasteiger partial charge in [0.2, 0.25) is 5.91 Å². The summed E-state index contributed by atoms with van der Waals surface area (Å²) in [5, 5.41) is 4.77. The lowest BCUT2D eigenvalue weighted by atomic mass is 10.3. The topological polar surface area (TPSA) is 38.3 Å². The van der Waals surface area contributed by atoms with Crippen LogP contribution >= 0.6 is 11.3 Å². The summed E-state index contributed by atoms with van der Waals surface area (Å²) < 4.78 is 5.34. The van der Waals surface area contributed by atoms with Gasteiger partial charge in [0.1, 0.15) is 5.75 Å². The smallest absolute Gasteiger partial charge is 0.248 e. The number of thiophene rings is 1. The molecule has 2 rings (SSSR count). The molecule has 0 atom stereocenters. The van der Waals surface area contributed by atoms with Gasteiger partial charge in [0.25, 0.3) is 0 Å². The Bertz CT molecular complexity index is 544. The standard InChI is InChI=1S/C15H15NO2S/c1-2-18-13-7-5-12(6-8-13)16-15(17)10-9-14-4-3-11-19-14/h3-11H,2H2,1H3,(H,16,17)/b10-9+. The van der Waals surface area contributed by atoms with E-state index in [0.717, 1.165) is 16.3 Å². The molecular weight excluding hydrogens is 258 g/mol. The molecule has 98 valence electrons. The number of amides is 1. The number of hydrogen-bond donors (Lipinski definition) is 1. The van der Waals surface area contributed by atoms with Gasteiger partial charge in [0.05, 0.1) is 6.61 Å². The molecule has 0 fully saturated rings. The van der Waals surface area contributed by atoms with Crippen molar-refractivity contribution in [3.63, 3.8) is 0 Å². The maximum Gasteiger partial charge on any atom is 0.248 e. The number of anilines is 1. The van der Waals surface area contributed by atoms with E-state index in [1.807, 2.05) is 48.7 Å². The SMILES string of the molecule is CCOc1ccc(NC(=O)/C=C/c2cccs2)cc1. The molecule has 0 unspecified atom stereocenters. The Morgan fingerprint density at radius 1 is 1.32 bits per heavy atom. The largest absolute Gasteiger partial charge is 0.494 e. The van der Waals surface area contributed by atoms with Crippen molar-refractivity contribution in [1.82, 2.24) is 0 Å². The van der Waals surface area contributed by atoms with Crippen LogP contribution in [0.5, 0.6) is 5.75 Å². The van der Waals surface area contributed by atoms with Crippen LogP contribution in [0, 0.1) is 0 Å². The van der Waals surface area contributed by atoms with Crippen molar-refractivity contribution in [2.45, 2.75) is 6.92 Å². The monoisotopic (exact) mass is 273 g/mol. The minimum atomic E-state index is -0.141. The predicted molar refractivity (Wildman–Crippen MR) is 79.6 cm³/mol. The lowest BCUT2D eigenvalue weighted by molar-refractivity contribution is -0.111. The molecule has 3 nitrogen and oxygen atoms in total. The van der Waals surface area contributed by atoms with Crippen LogP contribution in [-0.2, 0) is 4.79 Å². The fraction of sp³-hybridized carbons (Fsp3) is 0.133. The second-order valence-electron chi connectivity index (χ2n) is 3.80. The Balaban J connectivity index is 1.91. The first kappa shape index (κ1) is 13.4. The third-order valence-electron chi connectivity index (χ3n) is 2.38. The summed E-state index contributed by atoms with van der Waals surface area (Å²) in [4.78, 5) is 12.8. The van der Waals surface area contributed by atoms with E-state index < -0.39 is 0 Å². The van der Waals surface area contributed by atoms with Crippen LogP contribution in [0.2, 0.25) is 0 Å². The van der Waals surface area contributed by atoms with Gasteiger partial charge in [-0.25, -0.2) is 0 Å². The summed E-state index contributed by atoms with van der Waals surface area (Å²) in [7, 11) is 0. The van der Waals surface area contributed by atoms with E-state index in [1.54, 1.807) is 17.4 Å². The molecule has 1 N–H and O–H groups in total. The van der Waals surface area contributed by atoms with E-state index >= 15 is 0 Å².